The van der Waals surface area contributed by atoms with Crippen LogP contribution in [0, 0.1) is 5.92 Å². The molecule has 160 valence electrons. The van der Waals surface area contributed by atoms with Crippen LogP contribution in [0.2, 0.25) is 0 Å². The Kier molecular flexibility index (Phi) is 9.11. The summed E-state index contributed by atoms with van der Waals surface area (Å²) in [5.41, 5.74) is 0.670. The molecule has 0 bridgehead atoms. The van der Waals surface area contributed by atoms with Crippen LogP contribution < -0.4 is 10.6 Å². The van der Waals surface area contributed by atoms with Gasteiger partial charge >= 0.3 is 11.9 Å². The molecule has 0 aliphatic carbocycles. The molecule has 1 aromatic carbocycles. The van der Waals surface area contributed by atoms with Crippen molar-refractivity contribution in [2.75, 3.05) is 0 Å². The third-order valence-corrected chi connectivity index (χ3v) is 4.02. The van der Waals surface area contributed by atoms with Gasteiger partial charge in [0, 0.05) is 13.8 Å². The second kappa shape index (κ2) is 11.0. The first-order valence-corrected chi connectivity index (χ1v) is 9.25. The molecule has 1 rings (SSSR count). The first-order chi connectivity index (χ1) is 13.5. The number of carboxylic acid groups (broad SMARTS) is 1. The van der Waals surface area contributed by atoms with Gasteiger partial charge < -0.3 is 25.6 Å². The molecule has 9 heteroatoms. The number of aliphatic carboxylic acids is 1. The van der Waals surface area contributed by atoms with E-state index in [1.165, 1.54) is 19.1 Å². The summed E-state index contributed by atoms with van der Waals surface area (Å²) in [6, 6.07) is 4.01. The molecule has 0 heterocycles. The highest BCUT2D eigenvalue weighted by molar-refractivity contribution is 5.89. The second-order valence-electron chi connectivity index (χ2n) is 7.24. The molecule has 0 fully saturated rings. The number of hydrogen-bond donors (Lipinski definition) is 4. The Labute approximate surface area is 169 Å². The zero-order chi connectivity index (χ0) is 22.1. The molecule has 9 nitrogen and oxygen atoms in total. The van der Waals surface area contributed by atoms with Crippen molar-refractivity contribution >= 4 is 23.8 Å². The fourth-order valence-electron chi connectivity index (χ4n) is 2.82. The molecule has 4 N–H and O–H groups in total. The lowest BCUT2D eigenvalue weighted by atomic mass is 9.99. The van der Waals surface area contributed by atoms with E-state index < -0.39 is 41.9 Å². The van der Waals surface area contributed by atoms with Gasteiger partial charge in [-0.05, 0) is 36.5 Å². The number of aromatic hydroxyl groups is 1. The largest absolute Gasteiger partial charge is 0.508 e. The fraction of sp³-hybridized carbons (Fsp3) is 0.500. The third kappa shape index (κ3) is 8.63. The summed E-state index contributed by atoms with van der Waals surface area (Å²) in [6.07, 6.45) is -1.12. The van der Waals surface area contributed by atoms with Crippen LogP contribution in [0.5, 0.6) is 5.75 Å². The average molecular weight is 408 g/mol. The molecule has 0 radical (unpaired) electrons. The summed E-state index contributed by atoms with van der Waals surface area (Å²) in [5, 5.41) is 23.8. The zero-order valence-corrected chi connectivity index (χ0v) is 17.0. The van der Waals surface area contributed by atoms with Crippen LogP contribution >= 0.6 is 0 Å². The van der Waals surface area contributed by atoms with E-state index in [0.717, 1.165) is 6.92 Å². The highest BCUT2D eigenvalue weighted by Gasteiger charge is 2.34. The van der Waals surface area contributed by atoms with E-state index in [2.05, 4.69) is 10.6 Å². The summed E-state index contributed by atoms with van der Waals surface area (Å²) < 4.78 is 5.15. The van der Waals surface area contributed by atoms with E-state index in [4.69, 9.17) is 4.74 Å². The first kappa shape index (κ1) is 23.9. The minimum atomic E-state index is -1.43. The number of carbonyl (C=O) groups is 4. The molecule has 29 heavy (non-hydrogen) atoms. The smallest absolute Gasteiger partial charge is 0.326 e. The normalized spacial score (nSPS) is 13.8. The molecule has 0 aromatic heterocycles. The fourth-order valence-corrected chi connectivity index (χ4v) is 2.82. The quantitative estimate of drug-likeness (QED) is 0.423. The van der Waals surface area contributed by atoms with E-state index in [0.29, 0.717) is 5.56 Å². The van der Waals surface area contributed by atoms with Gasteiger partial charge in [-0.1, -0.05) is 26.0 Å². The van der Waals surface area contributed by atoms with Gasteiger partial charge in [0.2, 0.25) is 5.91 Å². The number of phenolic OH excluding ortho intramolecular Hbond substituents is 1. The van der Waals surface area contributed by atoms with Gasteiger partial charge in [-0.2, -0.15) is 0 Å². The third-order valence-electron chi connectivity index (χ3n) is 4.02. The lowest BCUT2D eigenvalue weighted by Gasteiger charge is -2.28. The Hall–Kier alpha value is -3.10. The molecular weight excluding hydrogens is 380 g/mol. The highest BCUT2D eigenvalue weighted by atomic mass is 16.5. The lowest BCUT2D eigenvalue weighted by molar-refractivity contribution is -0.157. The predicted molar refractivity (Wildman–Crippen MR) is 104 cm³/mol. The summed E-state index contributed by atoms with van der Waals surface area (Å²) in [7, 11) is 0. The molecule has 0 spiro atoms. The van der Waals surface area contributed by atoms with Crippen LogP contribution in [-0.4, -0.2) is 52.2 Å². The van der Waals surface area contributed by atoms with E-state index in [-0.39, 0.29) is 24.5 Å². The molecule has 0 unspecified atom stereocenters. The molecule has 0 saturated carbocycles. The maximum absolute atomic E-state index is 12.8. The molecule has 2 amide bonds. The van der Waals surface area contributed by atoms with Crippen LogP contribution in [-0.2, 0) is 30.3 Å². The van der Waals surface area contributed by atoms with Crippen LogP contribution in [0.3, 0.4) is 0 Å². The number of carbonyl (C=O) groups excluding carboxylic acids is 3. The Bertz CT molecular complexity index is 731. The standard InChI is InChI=1S/C20H28N2O7/c1-11(2)9-17(20(27)28)22-19(26)18(29-13(4)24)16(21-12(3)23)10-14-5-7-15(25)8-6-14/h5-8,11,16-18,25H,9-10H2,1-4H3,(H,21,23)(H,22,26)(H,27,28)/t16-,17+,18+/m1/s1. The summed E-state index contributed by atoms with van der Waals surface area (Å²) in [5.74, 6) is -3.16. The highest BCUT2D eigenvalue weighted by Crippen LogP contribution is 2.15. The van der Waals surface area contributed by atoms with Gasteiger partial charge in [0.05, 0.1) is 6.04 Å². The first-order valence-electron chi connectivity index (χ1n) is 9.25. The monoisotopic (exact) mass is 408 g/mol. The van der Waals surface area contributed by atoms with Crippen molar-refractivity contribution in [2.45, 2.75) is 58.7 Å². The number of carboxylic acids is 1. The molecule has 1 aromatic rings. The van der Waals surface area contributed by atoms with E-state index in [1.807, 2.05) is 13.8 Å². The number of rotatable bonds is 10. The van der Waals surface area contributed by atoms with Gasteiger partial charge in [0.25, 0.3) is 5.91 Å². The second-order valence-corrected chi connectivity index (χ2v) is 7.24. The number of ether oxygens (including phenoxy) is 1. The molecular formula is C20H28N2O7. The SMILES string of the molecule is CC(=O)N[C@H](Cc1ccc(O)cc1)[C@H](OC(C)=O)C(=O)N[C@@H](CC(C)C)C(=O)O. The van der Waals surface area contributed by atoms with Crippen molar-refractivity contribution in [1.82, 2.24) is 10.6 Å². The maximum atomic E-state index is 12.8. The van der Waals surface area contributed by atoms with Gasteiger partial charge in [-0.15, -0.1) is 0 Å². The van der Waals surface area contributed by atoms with Crippen LogP contribution in [0.4, 0.5) is 0 Å². The van der Waals surface area contributed by atoms with E-state index in [1.54, 1.807) is 12.1 Å². The summed E-state index contributed by atoms with van der Waals surface area (Å²) in [4.78, 5) is 47.5. The molecule has 0 aliphatic rings. The van der Waals surface area contributed by atoms with Crippen LogP contribution in [0.1, 0.15) is 39.7 Å². The topological polar surface area (TPSA) is 142 Å². The minimum absolute atomic E-state index is 0.00622. The van der Waals surface area contributed by atoms with Crippen LogP contribution in [0.25, 0.3) is 0 Å². The predicted octanol–water partition coefficient (Wildman–Crippen LogP) is 0.987. The van der Waals surface area contributed by atoms with Crippen molar-refractivity contribution in [3.05, 3.63) is 29.8 Å². The average Bonchev–Trinajstić information content (AvgIpc) is 2.59. The lowest BCUT2D eigenvalue weighted by Crippen LogP contribution is -2.56. The Morgan fingerprint density at radius 3 is 2.07 bits per heavy atom. The number of nitrogens with one attached hydrogen (secondary N) is 2. The van der Waals surface area contributed by atoms with Gasteiger partial charge in [0.15, 0.2) is 6.10 Å². The van der Waals surface area contributed by atoms with E-state index >= 15 is 0 Å². The van der Waals surface area contributed by atoms with Gasteiger partial charge in [-0.25, -0.2) is 4.79 Å². The van der Waals surface area contributed by atoms with Gasteiger partial charge in [0.1, 0.15) is 11.8 Å². The number of benzene rings is 1. The van der Waals surface area contributed by atoms with Crippen LogP contribution in [0.15, 0.2) is 24.3 Å². The Morgan fingerprint density at radius 1 is 1.03 bits per heavy atom. The Morgan fingerprint density at radius 2 is 1.62 bits per heavy atom. The maximum Gasteiger partial charge on any atom is 0.326 e. The van der Waals surface area contributed by atoms with Crippen molar-refractivity contribution in [2.24, 2.45) is 5.92 Å². The number of esters is 1. The molecule has 0 saturated heterocycles. The van der Waals surface area contributed by atoms with Gasteiger partial charge in [-0.3, -0.25) is 14.4 Å². The number of phenols is 1. The zero-order valence-electron chi connectivity index (χ0n) is 17.0. The van der Waals surface area contributed by atoms with Crippen molar-refractivity contribution < 1.29 is 34.1 Å². The Balaban J connectivity index is 3.13. The number of hydrogen-bond acceptors (Lipinski definition) is 6. The number of amides is 2. The van der Waals surface area contributed by atoms with E-state index in [9.17, 15) is 29.4 Å². The minimum Gasteiger partial charge on any atom is -0.508 e. The van der Waals surface area contributed by atoms with Crippen molar-refractivity contribution in [1.29, 1.82) is 0 Å². The molecule has 3 atom stereocenters. The summed E-state index contributed by atoms with van der Waals surface area (Å²) in [6.45, 7) is 6.01. The van der Waals surface area contributed by atoms with Crippen molar-refractivity contribution in [3.8, 4) is 5.75 Å². The summed E-state index contributed by atoms with van der Waals surface area (Å²) >= 11 is 0. The van der Waals surface area contributed by atoms with Crippen molar-refractivity contribution in [3.63, 3.8) is 0 Å². The molecule has 0 aliphatic heterocycles.